The smallest absolute Gasteiger partial charge is 0.00156 e. The van der Waals surface area contributed by atoms with E-state index in [2.05, 4.69) is 36.1 Å². The van der Waals surface area contributed by atoms with Crippen molar-refractivity contribution in [2.75, 3.05) is 19.6 Å². The van der Waals surface area contributed by atoms with E-state index in [0.29, 0.717) is 0 Å². The predicted molar refractivity (Wildman–Crippen MR) is 77.0 cm³/mol. The minimum atomic E-state index is 0. The molecule has 1 aromatic carbocycles. The number of hydrogen-bond donors (Lipinski definition) is 0. The summed E-state index contributed by atoms with van der Waals surface area (Å²) >= 11 is 0. The molecule has 17 heavy (non-hydrogen) atoms. The van der Waals surface area contributed by atoms with Crippen molar-refractivity contribution in [2.24, 2.45) is 0 Å². The highest BCUT2D eigenvalue weighted by molar-refractivity contribution is 5.85. The first-order valence-corrected chi connectivity index (χ1v) is 6.62. The molecule has 1 fully saturated rings. The van der Waals surface area contributed by atoms with Gasteiger partial charge in [0.1, 0.15) is 0 Å². The Labute approximate surface area is 112 Å². The fraction of sp³-hybridized carbons (Fsp3) is 0.600. The van der Waals surface area contributed by atoms with Crippen molar-refractivity contribution < 1.29 is 0 Å². The highest BCUT2D eigenvalue weighted by atomic mass is 35.5. The molecule has 0 N–H and O–H groups in total. The standard InChI is InChI=1S/C15H23N.ClH/c1-14-7-9-15(10-8-14)6-5-13-16-11-3-2-4-12-16;/h7-10H,2-6,11-13H2,1H3;1H. The Hall–Kier alpha value is -0.530. The first-order chi connectivity index (χ1) is 7.84. The quantitative estimate of drug-likeness (QED) is 0.788. The van der Waals surface area contributed by atoms with Gasteiger partial charge in [-0.25, -0.2) is 0 Å². The van der Waals surface area contributed by atoms with E-state index in [4.69, 9.17) is 0 Å². The van der Waals surface area contributed by atoms with Crippen LogP contribution in [0.5, 0.6) is 0 Å². The number of benzene rings is 1. The summed E-state index contributed by atoms with van der Waals surface area (Å²) in [5, 5.41) is 0. The fourth-order valence-corrected chi connectivity index (χ4v) is 2.44. The molecule has 1 saturated heterocycles. The monoisotopic (exact) mass is 253 g/mol. The molecule has 0 radical (unpaired) electrons. The molecule has 0 atom stereocenters. The van der Waals surface area contributed by atoms with Gasteiger partial charge >= 0.3 is 0 Å². The number of aryl methyl sites for hydroxylation is 2. The molecular formula is C15H24ClN. The summed E-state index contributed by atoms with van der Waals surface area (Å²) in [5.41, 5.74) is 2.85. The van der Waals surface area contributed by atoms with E-state index in [9.17, 15) is 0 Å². The molecule has 1 nitrogen and oxygen atoms in total. The van der Waals surface area contributed by atoms with Gasteiger partial charge in [-0.15, -0.1) is 12.4 Å². The van der Waals surface area contributed by atoms with Crippen LogP contribution >= 0.6 is 12.4 Å². The largest absolute Gasteiger partial charge is 0.303 e. The molecule has 2 rings (SSSR count). The van der Waals surface area contributed by atoms with Gasteiger partial charge in [0.2, 0.25) is 0 Å². The number of halogens is 1. The fourth-order valence-electron chi connectivity index (χ4n) is 2.44. The van der Waals surface area contributed by atoms with E-state index in [1.807, 2.05) is 0 Å². The van der Waals surface area contributed by atoms with Crippen LogP contribution in [0.2, 0.25) is 0 Å². The molecular weight excluding hydrogens is 230 g/mol. The third kappa shape index (κ3) is 5.10. The van der Waals surface area contributed by atoms with Crippen molar-refractivity contribution in [3.05, 3.63) is 35.4 Å². The van der Waals surface area contributed by atoms with Gasteiger partial charge in [0.05, 0.1) is 0 Å². The highest BCUT2D eigenvalue weighted by Crippen LogP contribution is 2.11. The first kappa shape index (κ1) is 14.5. The number of piperidine rings is 1. The molecule has 2 heteroatoms. The summed E-state index contributed by atoms with van der Waals surface area (Å²) in [6.07, 6.45) is 6.80. The Morgan fingerprint density at radius 3 is 2.29 bits per heavy atom. The molecule has 0 aromatic heterocycles. The van der Waals surface area contributed by atoms with Gasteiger partial charge < -0.3 is 4.90 Å². The third-order valence-electron chi connectivity index (χ3n) is 3.51. The molecule has 96 valence electrons. The Bertz CT molecular complexity index is 301. The van der Waals surface area contributed by atoms with Crippen molar-refractivity contribution >= 4 is 12.4 Å². The zero-order chi connectivity index (χ0) is 11.2. The topological polar surface area (TPSA) is 3.24 Å². The summed E-state index contributed by atoms with van der Waals surface area (Å²) < 4.78 is 0. The van der Waals surface area contributed by atoms with Crippen molar-refractivity contribution in [2.45, 2.75) is 39.0 Å². The lowest BCUT2D eigenvalue weighted by atomic mass is 10.1. The van der Waals surface area contributed by atoms with Crippen LogP contribution in [0.25, 0.3) is 0 Å². The second-order valence-electron chi connectivity index (χ2n) is 4.99. The average Bonchev–Trinajstić information content (AvgIpc) is 2.33. The molecule has 0 aliphatic carbocycles. The molecule has 1 heterocycles. The van der Waals surface area contributed by atoms with Crippen LogP contribution < -0.4 is 0 Å². The van der Waals surface area contributed by atoms with Crippen LogP contribution in [0.15, 0.2) is 24.3 Å². The minimum Gasteiger partial charge on any atom is -0.303 e. The number of likely N-dealkylation sites (tertiary alicyclic amines) is 1. The number of hydrogen-bond acceptors (Lipinski definition) is 1. The lowest BCUT2D eigenvalue weighted by Crippen LogP contribution is -2.30. The summed E-state index contributed by atoms with van der Waals surface area (Å²) in [6, 6.07) is 8.98. The van der Waals surface area contributed by atoms with Crippen LogP contribution in [0.1, 0.15) is 36.8 Å². The van der Waals surface area contributed by atoms with Crippen LogP contribution in [-0.4, -0.2) is 24.5 Å². The molecule has 0 amide bonds. The van der Waals surface area contributed by atoms with Gasteiger partial charge in [0.25, 0.3) is 0 Å². The molecule has 1 aromatic rings. The molecule has 0 bridgehead atoms. The number of rotatable bonds is 4. The molecule has 0 saturated carbocycles. The second-order valence-corrected chi connectivity index (χ2v) is 4.99. The van der Waals surface area contributed by atoms with E-state index < -0.39 is 0 Å². The van der Waals surface area contributed by atoms with E-state index in [1.165, 1.54) is 62.9 Å². The van der Waals surface area contributed by atoms with E-state index >= 15 is 0 Å². The van der Waals surface area contributed by atoms with Crippen molar-refractivity contribution in [1.29, 1.82) is 0 Å². The second kappa shape index (κ2) is 7.73. The van der Waals surface area contributed by atoms with E-state index in [0.717, 1.165) is 0 Å². The SMILES string of the molecule is Cc1ccc(CCCN2CCCCC2)cc1.Cl. The van der Waals surface area contributed by atoms with Gasteiger partial charge in [0.15, 0.2) is 0 Å². The van der Waals surface area contributed by atoms with E-state index in [-0.39, 0.29) is 12.4 Å². The van der Waals surface area contributed by atoms with Crippen molar-refractivity contribution in [3.8, 4) is 0 Å². The Morgan fingerprint density at radius 1 is 1.00 bits per heavy atom. The third-order valence-corrected chi connectivity index (χ3v) is 3.51. The van der Waals surface area contributed by atoms with Gasteiger partial charge in [-0.05, 0) is 57.8 Å². The maximum absolute atomic E-state index is 2.62. The van der Waals surface area contributed by atoms with Crippen molar-refractivity contribution in [1.82, 2.24) is 4.90 Å². The number of nitrogens with zero attached hydrogens (tertiary/aromatic N) is 1. The summed E-state index contributed by atoms with van der Waals surface area (Å²) in [4.78, 5) is 2.62. The first-order valence-electron chi connectivity index (χ1n) is 6.62. The van der Waals surface area contributed by atoms with Crippen molar-refractivity contribution in [3.63, 3.8) is 0 Å². The van der Waals surface area contributed by atoms with Crippen LogP contribution in [0.3, 0.4) is 0 Å². The Kier molecular flexibility index (Phi) is 6.61. The van der Waals surface area contributed by atoms with Gasteiger partial charge in [-0.2, -0.15) is 0 Å². The maximum atomic E-state index is 2.62. The molecule has 0 spiro atoms. The Balaban J connectivity index is 0.00000144. The lowest BCUT2D eigenvalue weighted by Gasteiger charge is -2.26. The molecule has 0 unspecified atom stereocenters. The minimum absolute atomic E-state index is 0. The van der Waals surface area contributed by atoms with E-state index in [1.54, 1.807) is 0 Å². The Morgan fingerprint density at radius 2 is 1.65 bits per heavy atom. The lowest BCUT2D eigenvalue weighted by molar-refractivity contribution is 0.226. The maximum Gasteiger partial charge on any atom is -0.00156 e. The average molecular weight is 254 g/mol. The normalized spacial score (nSPS) is 16.5. The van der Waals surface area contributed by atoms with Crippen LogP contribution in [0.4, 0.5) is 0 Å². The van der Waals surface area contributed by atoms with Gasteiger partial charge in [-0.1, -0.05) is 36.2 Å². The zero-order valence-corrected chi connectivity index (χ0v) is 11.6. The van der Waals surface area contributed by atoms with Gasteiger partial charge in [-0.3, -0.25) is 0 Å². The molecule has 1 aliphatic rings. The summed E-state index contributed by atoms with van der Waals surface area (Å²) in [5.74, 6) is 0. The van der Waals surface area contributed by atoms with Crippen LogP contribution in [0, 0.1) is 6.92 Å². The zero-order valence-electron chi connectivity index (χ0n) is 10.8. The summed E-state index contributed by atoms with van der Waals surface area (Å²) in [6.45, 7) is 6.09. The highest BCUT2D eigenvalue weighted by Gasteiger charge is 2.08. The van der Waals surface area contributed by atoms with Crippen LogP contribution in [-0.2, 0) is 6.42 Å². The summed E-state index contributed by atoms with van der Waals surface area (Å²) in [7, 11) is 0. The van der Waals surface area contributed by atoms with Gasteiger partial charge in [0, 0.05) is 0 Å². The predicted octanol–water partition coefficient (Wildman–Crippen LogP) is 3.84. The molecule has 1 aliphatic heterocycles.